The van der Waals surface area contributed by atoms with Crippen molar-refractivity contribution in [2.45, 2.75) is 33.9 Å². The minimum atomic E-state index is -2.72. The van der Waals surface area contributed by atoms with Crippen LogP contribution in [0.5, 0.6) is 0 Å². The number of aryl methyl sites for hydroxylation is 2. The summed E-state index contributed by atoms with van der Waals surface area (Å²) in [5.41, 5.74) is 14.6. The summed E-state index contributed by atoms with van der Waals surface area (Å²) in [5.74, 6) is 0. The average Bonchev–Trinajstić information content (AvgIpc) is 3.59. The van der Waals surface area contributed by atoms with Crippen molar-refractivity contribution < 1.29 is 21.3 Å². The van der Waals surface area contributed by atoms with E-state index in [1.165, 1.54) is 44.5 Å². The Hall–Kier alpha value is -3.41. The topological polar surface area (TPSA) is 0 Å². The van der Waals surface area contributed by atoms with Crippen LogP contribution in [0.15, 0.2) is 127 Å². The molecule has 0 aromatic heterocycles. The summed E-state index contributed by atoms with van der Waals surface area (Å²) in [6.45, 7) is 4.57. The van der Waals surface area contributed by atoms with Gasteiger partial charge in [-0.2, -0.15) is 0 Å². The summed E-state index contributed by atoms with van der Waals surface area (Å²) in [6, 6.07) is 46.4. The van der Waals surface area contributed by atoms with Gasteiger partial charge >= 0.3 is 248 Å². The molecule has 2 aliphatic carbocycles. The van der Waals surface area contributed by atoms with Crippen molar-refractivity contribution >= 4 is 9.28 Å². The van der Waals surface area contributed by atoms with Crippen LogP contribution in [-0.2, 0) is 34.1 Å². The molecule has 0 spiro atoms. The van der Waals surface area contributed by atoms with E-state index in [9.17, 15) is 0 Å². The first kappa shape index (κ1) is 25.6. The molecule has 0 N–H and O–H groups in total. The van der Waals surface area contributed by atoms with Crippen LogP contribution in [0.3, 0.4) is 0 Å². The quantitative estimate of drug-likeness (QED) is 0.184. The summed E-state index contributed by atoms with van der Waals surface area (Å²) in [5, 5.41) is 0. The Bertz CT molecular complexity index is 1660. The molecule has 7 rings (SSSR count). The van der Waals surface area contributed by atoms with Crippen LogP contribution in [0.4, 0.5) is 0 Å². The van der Waals surface area contributed by atoms with Crippen molar-refractivity contribution in [3.05, 3.63) is 172 Å². The third-order valence-corrected chi connectivity index (χ3v) is 17.6. The molecule has 0 fully saturated rings. The molecular formula is C39H34Zr. The van der Waals surface area contributed by atoms with Gasteiger partial charge in [-0.15, -0.1) is 0 Å². The summed E-state index contributed by atoms with van der Waals surface area (Å²) in [6.07, 6.45) is 7.09. The van der Waals surface area contributed by atoms with E-state index in [-0.39, 0.29) is 0 Å². The van der Waals surface area contributed by atoms with Gasteiger partial charge in [0.1, 0.15) is 0 Å². The molecule has 0 saturated heterocycles. The third-order valence-electron chi connectivity index (χ3n) is 8.82. The Morgan fingerprint density at radius 1 is 0.575 bits per heavy atom. The Balaban J connectivity index is 1.61. The molecule has 1 atom stereocenters. The molecule has 2 aliphatic rings. The normalized spacial score (nSPS) is 15.0. The van der Waals surface area contributed by atoms with Crippen LogP contribution in [0.2, 0.25) is 0 Å². The summed E-state index contributed by atoms with van der Waals surface area (Å²) < 4.78 is 2.54. The first-order valence-corrected chi connectivity index (χ1v) is 18.7. The van der Waals surface area contributed by atoms with Crippen LogP contribution in [0.1, 0.15) is 65.6 Å². The van der Waals surface area contributed by atoms with Crippen LogP contribution in [0.25, 0.3) is 17.2 Å². The second kappa shape index (κ2) is 10.9. The van der Waals surface area contributed by atoms with Crippen molar-refractivity contribution in [2.24, 2.45) is 0 Å². The molecule has 0 nitrogen and oxygen atoms in total. The maximum atomic E-state index is 2.57. The number of benzene rings is 5. The van der Waals surface area contributed by atoms with Crippen molar-refractivity contribution in [3.63, 3.8) is 0 Å². The van der Waals surface area contributed by atoms with Crippen LogP contribution in [-0.4, -0.2) is 3.21 Å². The van der Waals surface area contributed by atoms with Gasteiger partial charge in [-0.05, 0) is 0 Å². The number of hydrogen-bond donors (Lipinski definition) is 0. The fourth-order valence-electron chi connectivity index (χ4n) is 6.84. The van der Waals surface area contributed by atoms with E-state index in [1.807, 2.05) is 0 Å². The average molecular weight is 594 g/mol. The van der Waals surface area contributed by atoms with Gasteiger partial charge in [0.2, 0.25) is 0 Å². The maximum absolute atomic E-state index is 2.72. The fraction of sp³-hybridized carbons (Fsp3) is 0.154. The molecule has 1 unspecified atom stereocenters. The zero-order valence-corrected chi connectivity index (χ0v) is 25.7. The first-order valence-electron chi connectivity index (χ1n) is 14.6. The van der Waals surface area contributed by atoms with Crippen LogP contribution in [0, 0.1) is 0 Å². The number of hydrogen-bond acceptors (Lipinski definition) is 0. The van der Waals surface area contributed by atoms with Gasteiger partial charge in [0, 0.05) is 0 Å². The Morgan fingerprint density at radius 3 is 1.65 bits per heavy atom. The predicted molar refractivity (Wildman–Crippen MR) is 167 cm³/mol. The van der Waals surface area contributed by atoms with E-state index < -0.39 is 21.3 Å². The van der Waals surface area contributed by atoms with Gasteiger partial charge in [-0.1, -0.05) is 0 Å². The molecule has 0 saturated carbocycles. The second-order valence-corrected chi connectivity index (χ2v) is 17.4. The van der Waals surface area contributed by atoms with E-state index in [4.69, 9.17) is 0 Å². The van der Waals surface area contributed by atoms with E-state index in [0.29, 0.717) is 7.25 Å². The molecular weight excluding hydrogens is 560 g/mol. The van der Waals surface area contributed by atoms with E-state index in [2.05, 4.69) is 147 Å². The number of allylic oxidation sites excluding steroid dienone is 1. The molecule has 0 heterocycles. The fourth-order valence-corrected chi connectivity index (χ4v) is 16.7. The molecule has 0 bridgehead atoms. The minimum absolute atomic E-state index is 0.446. The summed E-state index contributed by atoms with van der Waals surface area (Å²) in [7, 11) is 0. The molecule has 0 radical (unpaired) electrons. The van der Waals surface area contributed by atoms with Crippen molar-refractivity contribution in [2.75, 3.05) is 0 Å². The molecule has 0 aliphatic heterocycles. The van der Waals surface area contributed by atoms with Gasteiger partial charge in [0.05, 0.1) is 0 Å². The van der Waals surface area contributed by atoms with Gasteiger partial charge in [-0.3, -0.25) is 0 Å². The SMILES string of the molecule is CCc1ccc2c(c1)[CH]([Zr](=[C](c1ccccc1)c1ccccc1)[CH]1C=Cc3ccccc31)c1cc(CC)ccc1-2. The van der Waals surface area contributed by atoms with Gasteiger partial charge in [0.15, 0.2) is 0 Å². The molecule has 0 amide bonds. The molecule has 5 aromatic rings. The monoisotopic (exact) mass is 592 g/mol. The predicted octanol–water partition coefficient (Wildman–Crippen LogP) is 9.54. The van der Waals surface area contributed by atoms with Gasteiger partial charge < -0.3 is 0 Å². The third kappa shape index (κ3) is 4.36. The van der Waals surface area contributed by atoms with Crippen LogP contribution < -0.4 is 0 Å². The van der Waals surface area contributed by atoms with Gasteiger partial charge in [0.25, 0.3) is 0 Å². The second-order valence-electron chi connectivity index (χ2n) is 11.0. The standard InChI is InChI=1S/C17H17.C13H10.C9H7.Zr/c1-3-12-5-7-16-14(9-12)11-15-10-13(4-2)6-8-17(15)16;1-3-7-12(8-4-1)11-13-9-5-2-6-10-13;1-2-5-9-7-3-6-8(9)4-1;/h5-11H,3-4H2,1-2H3;1-10H;1-7H;. The molecule has 40 heavy (non-hydrogen) atoms. The van der Waals surface area contributed by atoms with Crippen molar-refractivity contribution in [1.29, 1.82) is 0 Å². The number of fused-ring (bicyclic) bond motifs is 4. The van der Waals surface area contributed by atoms with Crippen molar-refractivity contribution in [1.82, 2.24) is 0 Å². The van der Waals surface area contributed by atoms with E-state index in [1.54, 1.807) is 14.3 Å². The van der Waals surface area contributed by atoms with Crippen molar-refractivity contribution in [3.8, 4) is 11.1 Å². The Kier molecular flexibility index (Phi) is 6.95. The van der Waals surface area contributed by atoms with Gasteiger partial charge in [-0.25, -0.2) is 0 Å². The molecule has 194 valence electrons. The van der Waals surface area contributed by atoms with E-state index in [0.717, 1.165) is 12.8 Å². The van der Waals surface area contributed by atoms with Crippen LogP contribution >= 0.6 is 0 Å². The Labute approximate surface area is 246 Å². The summed E-state index contributed by atoms with van der Waals surface area (Å²) >= 11 is -2.72. The molecule has 5 aromatic carbocycles. The zero-order chi connectivity index (χ0) is 27.1. The van der Waals surface area contributed by atoms with E-state index >= 15 is 0 Å². The Morgan fingerprint density at radius 2 is 1.10 bits per heavy atom. The molecule has 1 heteroatoms. The number of rotatable bonds is 6. The first-order chi connectivity index (χ1) is 19.8. The zero-order valence-electron chi connectivity index (χ0n) is 23.3. The summed E-state index contributed by atoms with van der Waals surface area (Å²) in [4.78, 5) is 0.